The van der Waals surface area contributed by atoms with Crippen molar-refractivity contribution in [1.82, 2.24) is 10.2 Å². The predicted molar refractivity (Wildman–Crippen MR) is 136 cm³/mol. The van der Waals surface area contributed by atoms with Crippen LogP contribution in [0.3, 0.4) is 0 Å². The highest BCUT2D eigenvalue weighted by molar-refractivity contribution is 5.67. The Balaban J connectivity index is 2.11. The molecule has 0 aliphatic carbocycles. The molecule has 0 aliphatic rings. The molecule has 3 rings (SSSR count). The lowest BCUT2D eigenvalue weighted by Gasteiger charge is -2.25. The highest BCUT2D eigenvalue weighted by Gasteiger charge is 2.23. The molecule has 0 atom stereocenters. The summed E-state index contributed by atoms with van der Waals surface area (Å²) in [6.07, 6.45) is 0. The second-order valence-electron chi connectivity index (χ2n) is 10.3. The zero-order valence-electron chi connectivity index (χ0n) is 22.0. The second kappa shape index (κ2) is 10.1. The van der Waals surface area contributed by atoms with Crippen LogP contribution in [0.2, 0.25) is 0 Å². The van der Waals surface area contributed by atoms with Gasteiger partial charge in [0, 0.05) is 11.1 Å². The number of rotatable bonds is 8. The minimum absolute atomic E-state index is 0.00719. The maximum atomic E-state index is 6.18. The van der Waals surface area contributed by atoms with Gasteiger partial charge in [0.2, 0.25) is 17.5 Å². The van der Waals surface area contributed by atoms with Crippen molar-refractivity contribution in [2.24, 2.45) is 0 Å². The van der Waals surface area contributed by atoms with Gasteiger partial charge in [0.25, 0.3) is 0 Å². The molecule has 0 saturated carbocycles. The Labute approximate surface area is 203 Å². The normalized spacial score (nSPS) is 12.0. The first kappa shape index (κ1) is 25.6. The minimum Gasteiger partial charge on any atom is -0.490 e. The maximum absolute atomic E-state index is 6.18. The fourth-order valence-corrected chi connectivity index (χ4v) is 3.59. The van der Waals surface area contributed by atoms with E-state index in [1.54, 1.807) is 0 Å². The molecule has 34 heavy (non-hydrogen) atoms. The highest BCUT2D eigenvalue weighted by Crippen LogP contribution is 2.42. The van der Waals surface area contributed by atoms with Gasteiger partial charge in [-0.1, -0.05) is 47.6 Å². The molecule has 0 amide bonds. The van der Waals surface area contributed by atoms with Crippen molar-refractivity contribution in [3.8, 4) is 40.2 Å². The lowest BCUT2D eigenvalue weighted by molar-refractivity contribution is 0.261. The molecule has 6 nitrogen and oxygen atoms in total. The van der Waals surface area contributed by atoms with Crippen LogP contribution in [0.4, 0.5) is 0 Å². The minimum atomic E-state index is -0.00719. The van der Waals surface area contributed by atoms with Crippen LogP contribution in [0.1, 0.15) is 73.4 Å². The van der Waals surface area contributed by atoms with Gasteiger partial charge in [-0.2, -0.15) is 0 Å². The van der Waals surface area contributed by atoms with Gasteiger partial charge in [0.1, 0.15) is 0 Å². The number of benzene rings is 2. The highest BCUT2D eigenvalue weighted by atomic mass is 16.5. The molecule has 3 aromatic rings. The van der Waals surface area contributed by atoms with Crippen molar-refractivity contribution >= 4 is 0 Å². The summed E-state index contributed by atoms with van der Waals surface area (Å²) >= 11 is 0. The number of aromatic nitrogens is 2. The van der Waals surface area contributed by atoms with Gasteiger partial charge in [0.05, 0.1) is 19.8 Å². The van der Waals surface area contributed by atoms with Crippen LogP contribution in [-0.4, -0.2) is 30.0 Å². The predicted octanol–water partition coefficient (Wildman–Crippen LogP) is 7.19. The second-order valence-corrected chi connectivity index (χ2v) is 10.3. The van der Waals surface area contributed by atoms with Gasteiger partial charge in [0.15, 0.2) is 11.5 Å². The Morgan fingerprint density at radius 3 is 1.41 bits per heavy atom. The molecule has 0 bridgehead atoms. The number of ether oxygens (including phenoxy) is 3. The Bertz CT molecular complexity index is 1060. The van der Waals surface area contributed by atoms with Crippen LogP contribution in [0, 0.1) is 0 Å². The average molecular weight is 467 g/mol. The first-order valence-corrected chi connectivity index (χ1v) is 12.0. The zero-order chi connectivity index (χ0) is 25.1. The third-order valence-electron chi connectivity index (χ3n) is 5.49. The van der Waals surface area contributed by atoms with E-state index in [0.717, 1.165) is 11.1 Å². The first-order valence-electron chi connectivity index (χ1n) is 12.0. The van der Waals surface area contributed by atoms with Crippen molar-refractivity contribution in [2.75, 3.05) is 19.8 Å². The monoisotopic (exact) mass is 466 g/mol. The Kier molecular flexibility index (Phi) is 7.59. The fourth-order valence-electron chi connectivity index (χ4n) is 3.59. The molecular formula is C28H38N2O4. The lowest BCUT2D eigenvalue weighted by atomic mass is 9.79. The Hall–Kier alpha value is -3.02. The summed E-state index contributed by atoms with van der Waals surface area (Å²) in [6.45, 7) is 20.6. The molecule has 184 valence electrons. The van der Waals surface area contributed by atoms with Crippen LogP contribution in [0.25, 0.3) is 22.9 Å². The lowest BCUT2D eigenvalue weighted by Crippen LogP contribution is -2.16. The molecule has 6 heteroatoms. The maximum Gasteiger partial charge on any atom is 0.248 e. The van der Waals surface area contributed by atoms with E-state index >= 15 is 0 Å². The van der Waals surface area contributed by atoms with Crippen molar-refractivity contribution in [1.29, 1.82) is 0 Å². The summed E-state index contributed by atoms with van der Waals surface area (Å²) in [5.74, 6) is 2.65. The average Bonchev–Trinajstić information content (AvgIpc) is 3.25. The largest absolute Gasteiger partial charge is 0.490 e. The smallest absolute Gasteiger partial charge is 0.248 e. The number of nitrogens with zero attached hydrogens (tertiary/aromatic N) is 2. The quantitative estimate of drug-likeness (QED) is 0.350. The van der Waals surface area contributed by atoms with E-state index in [4.69, 9.17) is 18.6 Å². The van der Waals surface area contributed by atoms with E-state index in [1.807, 2.05) is 32.9 Å². The van der Waals surface area contributed by atoms with Crippen LogP contribution >= 0.6 is 0 Å². The van der Waals surface area contributed by atoms with E-state index in [1.165, 1.54) is 11.1 Å². The summed E-state index contributed by atoms with van der Waals surface area (Å²) < 4.78 is 23.7. The number of hydrogen-bond acceptors (Lipinski definition) is 6. The molecule has 0 fully saturated rings. The molecule has 0 unspecified atom stereocenters. The first-order chi connectivity index (χ1) is 16.0. The van der Waals surface area contributed by atoms with Crippen molar-refractivity contribution in [3.05, 3.63) is 41.5 Å². The molecule has 1 aromatic heterocycles. The molecule has 0 saturated heterocycles. The van der Waals surface area contributed by atoms with Gasteiger partial charge in [-0.25, -0.2) is 0 Å². The van der Waals surface area contributed by atoms with E-state index in [9.17, 15) is 0 Å². The van der Waals surface area contributed by atoms with Gasteiger partial charge in [-0.3, -0.25) is 0 Å². The Morgan fingerprint density at radius 2 is 1.03 bits per heavy atom. The SMILES string of the molecule is CCOc1cc(-c2nnc(-c3cc(C(C)(C)C)cc(C(C)(C)C)c3)o2)cc(OCC)c1OCC. The van der Waals surface area contributed by atoms with Gasteiger partial charge >= 0.3 is 0 Å². The third kappa shape index (κ3) is 5.72. The molecule has 0 aliphatic heterocycles. The summed E-state index contributed by atoms with van der Waals surface area (Å²) in [5.41, 5.74) is 4.08. The molecular weight excluding hydrogens is 428 g/mol. The molecule has 0 N–H and O–H groups in total. The van der Waals surface area contributed by atoms with Crippen molar-refractivity contribution in [2.45, 2.75) is 73.1 Å². The molecule has 1 heterocycles. The van der Waals surface area contributed by atoms with Crippen molar-refractivity contribution < 1.29 is 18.6 Å². The molecule has 2 aromatic carbocycles. The van der Waals surface area contributed by atoms with Crippen LogP contribution in [0.5, 0.6) is 17.2 Å². The summed E-state index contributed by atoms with van der Waals surface area (Å²) in [5, 5.41) is 8.75. The van der Waals surface area contributed by atoms with E-state index in [2.05, 4.69) is 69.9 Å². The van der Waals surface area contributed by atoms with Crippen LogP contribution < -0.4 is 14.2 Å². The summed E-state index contributed by atoms with van der Waals surface area (Å²) in [4.78, 5) is 0. The molecule has 0 spiro atoms. The summed E-state index contributed by atoms with van der Waals surface area (Å²) in [7, 11) is 0. The van der Waals surface area contributed by atoms with E-state index < -0.39 is 0 Å². The Morgan fingerprint density at radius 1 is 0.618 bits per heavy atom. The third-order valence-corrected chi connectivity index (χ3v) is 5.49. The van der Waals surface area contributed by atoms with Gasteiger partial charge < -0.3 is 18.6 Å². The summed E-state index contributed by atoms with van der Waals surface area (Å²) in [6, 6.07) is 10.3. The zero-order valence-corrected chi connectivity index (χ0v) is 22.0. The van der Waals surface area contributed by atoms with Gasteiger partial charge in [-0.15, -0.1) is 10.2 Å². The van der Waals surface area contributed by atoms with Crippen molar-refractivity contribution in [3.63, 3.8) is 0 Å². The fraction of sp³-hybridized carbons (Fsp3) is 0.500. The van der Waals surface area contributed by atoms with E-state index in [-0.39, 0.29) is 10.8 Å². The van der Waals surface area contributed by atoms with Gasteiger partial charge in [-0.05, 0) is 67.0 Å². The number of hydrogen-bond donors (Lipinski definition) is 0. The molecule has 0 radical (unpaired) electrons. The van der Waals surface area contributed by atoms with Crippen LogP contribution in [-0.2, 0) is 10.8 Å². The topological polar surface area (TPSA) is 66.6 Å². The van der Waals surface area contributed by atoms with Crippen LogP contribution in [0.15, 0.2) is 34.7 Å². The standard InChI is InChI=1S/C28H38N2O4/c1-10-31-22-15-19(16-23(32-11-2)24(22)33-12-3)26-30-29-25(34-26)18-13-20(27(4,5)6)17-21(14-18)28(7,8)9/h13-17H,10-12H2,1-9H3. The van der Waals surface area contributed by atoms with E-state index in [0.29, 0.717) is 48.9 Å².